The molecule has 1 aromatic rings. The van der Waals surface area contributed by atoms with Gasteiger partial charge in [-0.2, -0.15) is 0 Å². The van der Waals surface area contributed by atoms with Crippen LogP contribution in [0, 0.1) is 5.92 Å². The van der Waals surface area contributed by atoms with Gasteiger partial charge in [0.25, 0.3) is 5.91 Å². The molecule has 26 heavy (non-hydrogen) atoms. The van der Waals surface area contributed by atoms with E-state index in [0.29, 0.717) is 19.6 Å². The maximum absolute atomic E-state index is 12.9. The second kappa shape index (κ2) is 6.06. The summed E-state index contributed by atoms with van der Waals surface area (Å²) in [5.74, 6) is 0.0365. The number of hydrogen-bond donors (Lipinski definition) is 1. The Hall–Kier alpha value is -1.40. The van der Waals surface area contributed by atoms with E-state index in [0.717, 1.165) is 34.9 Å². The Balaban J connectivity index is 1.49. The standard InChI is InChI=1S/C20H25BrN2O3/c1-19(2,26)13-5-8-22(10-13)17(24)11-23-12-20(6-7-20)16-9-14(21)3-4-15(16)18(23)25/h3-4,9,13,26H,5-8,10-12H2,1-2H3. The fourth-order valence-corrected chi connectivity index (χ4v) is 4.73. The maximum Gasteiger partial charge on any atom is 0.254 e. The van der Waals surface area contributed by atoms with Gasteiger partial charge >= 0.3 is 0 Å². The van der Waals surface area contributed by atoms with E-state index in [1.807, 2.05) is 12.1 Å². The highest BCUT2D eigenvalue weighted by atomic mass is 79.9. The molecular weight excluding hydrogens is 396 g/mol. The molecule has 1 spiro atoms. The largest absolute Gasteiger partial charge is 0.390 e. The number of likely N-dealkylation sites (tertiary alicyclic amines) is 1. The molecule has 4 rings (SSSR count). The highest BCUT2D eigenvalue weighted by Gasteiger charge is 2.51. The van der Waals surface area contributed by atoms with Crippen molar-refractivity contribution < 1.29 is 14.7 Å². The van der Waals surface area contributed by atoms with Crippen molar-refractivity contribution in [2.45, 2.75) is 44.1 Å². The van der Waals surface area contributed by atoms with Crippen LogP contribution in [0.1, 0.15) is 49.0 Å². The number of nitrogens with zero attached hydrogens (tertiary/aromatic N) is 2. The van der Waals surface area contributed by atoms with Gasteiger partial charge in [0.2, 0.25) is 5.91 Å². The molecular formula is C20H25BrN2O3. The van der Waals surface area contributed by atoms with Crippen molar-refractivity contribution in [3.63, 3.8) is 0 Å². The Morgan fingerprint density at radius 3 is 2.73 bits per heavy atom. The second-order valence-corrected chi connectivity index (χ2v) is 9.53. The Labute approximate surface area is 162 Å². The zero-order chi connectivity index (χ0) is 18.7. The van der Waals surface area contributed by atoms with Crippen molar-refractivity contribution in [3.05, 3.63) is 33.8 Å². The zero-order valence-electron chi connectivity index (χ0n) is 15.3. The monoisotopic (exact) mass is 420 g/mol. The van der Waals surface area contributed by atoms with Gasteiger partial charge in [-0.1, -0.05) is 15.9 Å². The second-order valence-electron chi connectivity index (χ2n) is 8.61. The fourth-order valence-electron chi connectivity index (χ4n) is 4.37. The highest BCUT2D eigenvalue weighted by Crippen LogP contribution is 2.52. The molecule has 6 heteroatoms. The molecule has 1 aromatic carbocycles. The lowest BCUT2D eigenvalue weighted by molar-refractivity contribution is -0.131. The summed E-state index contributed by atoms with van der Waals surface area (Å²) in [6, 6.07) is 5.83. The number of carbonyl (C=O) groups excluding carboxylic acids is 2. The molecule has 0 radical (unpaired) electrons. The number of hydrogen-bond acceptors (Lipinski definition) is 3. The van der Waals surface area contributed by atoms with Gasteiger partial charge in [-0.3, -0.25) is 9.59 Å². The van der Waals surface area contributed by atoms with Crippen LogP contribution in [0.3, 0.4) is 0 Å². The summed E-state index contributed by atoms with van der Waals surface area (Å²) in [5, 5.41) is 10.2. The summed E-state index contributed by atoms with van der Waals surface area (Å²) in [4.78, 5) is 29.2. The fraction of sp³-hybridized carbons (Fsp3) is 0.600. The first kappa shape index (κ1) is 18.0. The third-order valence-corrected chi connectivity index (χ3v) is 6.78. The third kappa shape index (κ3) is 3.07. The van der Waals surface area contributed by atoms with E-state index >= 15 is 0 Å². The predicted octanol–water partition coefficient (Wildman–Crippen LogP) is 2.56. The molecule has 2 fully saturated rings. The van der Waals surface area contributed by atoms with E-state index in [4.69, 9.17) is 0 Å². The van der Waals surface area contributed by atoms with Gasteiger partial charge in [0.15, 0.2) is 0 Å². The minimum Gasteiger partial charge on any atom is -0.390 e. The molecule has 2 amide bonds. The Morgan fingerprint density at radius 1 is 1.38 bits per heavy atom. The number of aliphatic hydroxyl groups is 1. The van der Waals surface area contributed by atoms with Gasteiger partial charge in [-0.05, 0) is 56.9 Å². The van der Waals surface area contributed by atoms with Crippen LogP contribution in [0.5, 0.6) is 0 Å². The molecule has 2 aliphatic heterocycles. The van der Waals surface area contributed by atoms with Crippen molar-refractivity contribution in [1.29, 1.82) is 0 Å². The van der Waals surface area contributed by atoms with E-state index in [9.17, 15) is 14.7 Å². The number of rotatable bonds is 3. The Bertz CT molecular complexity index is 767. The molecule has 1 aliphatic carbocycles. The molecule has 2 heterocycles. The van der Waals surface area contributed by atoms with Crippen molar-refractivity contribution in [2.75, 3.05) is 26.2 Å². The first-order chi connectivity index (χ1) is 12.2. The first-order valence-corrected chi connectivity index (χ1v) is 10.1. The van der Waals surface area contributed by atoms with Crippen LogP contribution in [0.25, 0.3) is 0 Å². The third-order valence-electron chi connectivity index (χ3n) is 6.28. The SMILES string of the molecule is CC(C)(O)C1CCN(C(=O)CN2CC3(CC3)c3cc(Br)ccc3C2=O)C1. The molecule has 0 aromatic heterocycles. The lowest BCUT2D eigenvalue weighted by Gasteiger charge is -2.35. The molecule has 140 valence electrons. The minimum atomic E-state index is -0.777. The summed E-state index contributed by atoms with van der Waals surface area (Å²) in [5.41, 5.74) is 1.12. The molecule has 0 bridgehead atoms. The summed E-state index contributed by atoms with van der Waals surface area (Å²) in [6.07, 6.45) is 2.95. The predicted molar refractivity (Wildman–Crippen MR) is 102 cm³/mol. The van der Waals surface area contributed by atoms with Crippen molar-refractivity contribution in [1.82, 2.24) is 9.80 Å². The summed E-state index contributed by atoms with van der Waals surface area (Å²) in [7, 11) is 0. The maximum atomic E-state index is 12.9. The quantitative estimate of drug-likeness (QED) is 0.816. The first-order valence-electron chi connectivity index (χ1n) is 9.29. The Kier molecular flexibility index (Phi) is 4.19. The van der Waals surface area contributed by atoms with Gasteiger partial charge in [0, 0.05) is 41.0 Å². The molecule has 1 atom stereocenters. The van der Waals surface area contributed by atoms with Gasteiger partial charge in [-0.15, -0.1) is 0 Å². The van der Waals surface area contributed by atoms with E-state index in [1.165, 1.54) is 0 Å². The topological polar surface area (TPSA) is 60.9 Å². The van der Waals surface area contributed by atoms with E-state index in [-0.39, 0.29) is 29.7 Å². The average Bonchev–Trinajstić information content (AvgIpc) is 3.14. The number of fused-ring (bicyclic) bond motifs is 2. The molecule has 1 unspecified atom stereocenters. The van der Waals surface area contributed by atoms with Crippen molar-refractivity contribution >= 4 is 27.7 Å². The van der Waals surface area contributed by atoms with Gasteiger partial charge in [0.1, 0.15) is 6.54 Å². The van der Waals surface area contributed by atoms with Crippen LogP contribution in [0.4, 0.5) is 0 Å². The van der Waals surface area contributed by atoms with Gasteiger partial charge in [0.05, 0.1) is 5.60 Å². The number of halogens is 1. The zero-order valence-corrected chi connectivity index (χ0v) is 16.9. The highest BCUT2D eigenvalue weighted by molar-refractivity contribution is 9.10. The lowest BCUT2D eigenvalue weighted by atomic mass is 9.86. The van der Waals surface area contributed by atoms with Gasteiger partial charge in [-0.25, -0.2) is 0 Å². The lowest BCUT2D eigenvalue weighted by Crippen LogP contribution is -2.48. The summed E-state index contributed by atoms with van der Waals surface area (Å²) in [6.45, 7) is 5.58. The summed E-state index contributed by atoms with van der Waals surface area (Å²) < 4.78 is 0.995. The van der Waals surface area contributed by atoms with Crippen LogP contribution in [0.15, 0.2) is 22.7 Å². The number of amides is 2. The van der Waals surface area contributed by atoms with Crippen LogP contribution < -0.4 is 0 Å². The smallest absolute Gasteiger partial charge is 0.254 e. The van der Waals surface area contributed by atoms with Crippen molar-refractivity contribution in [2.24, 2.45) is 5.92 Å². The van der Waals surface area contributed by atoms with E-state index < -0.39 is 5.60 Å². The molecule has 1 saturated heterocycles. The minimum absolute atomic E-state index is 0.0125. The molecule has 1 saturated carbocycles. The van der Waals surface area contributed by atoms with Crippen LogP contribution in [-0.2, 0) is 10.2 Å². The number of carbonyl (C=O) groups is 2. The van der Waals surface area contributed by atoms with Crippen LogP contribution in [0.2, 0.25) is 0 Å². The molecule has 3 aliphatic rings. The van der Waals surface area contributed by atoms with Gasteiger partial charge < -0.3 is 14.9 Å². The van der Waals surface area contributed by atoms with Crippen LogP contribution >= 0.6 is 15.9 Å². The van der Waals surface area contributed by atoms with Crippen LogP contribution in [-0.4, -0.2) is 58.5 Å². The van der Waals surface area contributed by atoms with E-state index in [1.54, 1.807) is 23.6 Å². The molecule has 1 N–H and O–H groups in total. The van der Waals surface area contributed by atoms with Crippen molar-refractivity contribution in [3.8, 4) is 0 Å². The summed E-state index contributed by atoms with van der Waals surface area (Å²) >= 11 is 3.51. The van der Waals surface area contributed by atoms with E-state index in [2.05, 4.69) is 22.0 Å². The normalized spacial score (nSPS) is 24.2. The number of benzene rings is 1. The Morgan fingerprint density at radius 2 is 2.12 bits per heavy atom. The molecule has 5 nitrogen and oxygen atoms in total. The average molecular weight is 421 g/mol.